The van der Waals surface area contributed by atoms with Crippen molar-refractivity contribution in [3.05, 3.63) is 39.5 Å². The molecule has 3 rings (SSSR count). The van der Waals surface area contributed by atoms with Crippen LogP contribution in [0.15, 0.2) is 18.2 Å². The smallest absolute Gasteiger partial charge is 0.164 e. The number of nitrogens with one attached hydrogen (secondary N) is 1. The molecule has 5 nitrogen and oxygen atoms in total. The van der Waals surface area contributed by atoms with Crippen molar-refractivity contribution >= 4 is 29.0 Å². The fraction of sp³-hybridized carbons (Fsp3) is 0.231. The lowest BCUT2D eigenvalue weighted by atomic mass is 10.1. The molecule has 0 amide bonds. The van der Waals surface area contributed by atoms with Gasteiger partial charge in [-0.15, -0.1) is 0 Å². The first-order chi connectivity index (χ1) is 9.70. The van der Waals surface area contributed by atoms with Gasteiger partial charge in [0, 0.05) is 12.0 Å². The first kappa shape index (κ1) is 13.6. The van der Waals surface area contributed by atoms with Crippen molar-refractivity contribution in [1.82, 2.24) is 9.97 Å². The van der Waals surface area contributed by atoms with E-state index in [1.54, 1.807) is 18.2 Å². The molecule has 2 heterocycles. The number of nitrogen functional groups attached to an aromatic ring is 1. The van der Waals surface area contributed by atoms with E-state index in [0.29, 0.717) is 46.9 Å². The molecular formula is C13H12Cl2N4O. The van der Waals surface area contributed by atoms with E-state index in [-0.39, 0.29) is 0 Å². The van der Waals surface area contributed by atoms with E-state index in [9.17, 15) is 0 Å². The third kappa shape index (κ3) is 2.33. The summed E-state index contributed by atoms with van der Waals surface area (Å²) >= 11 is 12.4. The Morgan fingerprint density at radius 1 is 1.20 bits per heavy atom. The van der Waals surface area contributed by atoms with Gasteiger partial charge in [0.15, 0.2) is 5.82 Å². The molecule has 104 valence electrons. The maximum Gasteiger partial charge on any atom is 0.164 e. The summed E-state index contributed by atoms with van der Waals surface area (Å²) in [5.74, 6) is 6.54. The lowest BCUT2D eigenvalue weighted by Gasteiger charge is -2.19. The number of fused-ring (bicyclic) bond motifs is 1. The van der Waals surface area contributed by atoms with Gasteiger partial charge in [0.05, 0.1) is 34.5 Å². The highest BCUT2D eigenvalue weighted by atomic mass is 35.5. The lowest BCUT2D eigenvalue weighted by molar-refractivity contribution is 0.109. The van der Waals surface area contributed by atoms with Gasteiger partial charge in [-0.1, -0.05) is 29.3 Å². The monoisotopic (exact) mass is 310 g/mol. The van der Waals surface area contributed by atoms with Crippen molar-refractivity contribution < 1.29 is 4.74 Å². The number of nitrogens with two attached hydrogens (primary N) is 1. The van der Waals surface area contributed by atoms with Crippen LogP contribution in [0.3, 0.4) is 0 Å². The van der Waals surface area contributed by atoms with Gasteiger partial charge in [-0.25, -0.2) is 15.8 Å². The maximum atomic E-state index is 6.20. The molecule has 3 N–H and O–H groups in total. The minimum absolute atomic E-state index is 0.450. The van der Waals surface area contributed by atoms with E-state index in [2.05, 4.69) is 15.4 Å². The van der Waals surface area contributed by atoms with Gasteiger partial charge in [-0.2, -0.15) is 0 Å². The molecule has 0 spiro atoms. The van der Waals surface area contributed by atoms with Crippen LogP contribution in [0, 0.1) is 0 Å². The number of rotatable bonds is 2. The zero-order valence-electron chi connectivity index (χ0n) is 10.5. The van der Waals surface area contributed by atoms with Crippen LogP contribution in [0.2, 0.25) is 10.0 Å². The number of benzene rings is 1. The summed E-state index contributed by atoms with van der Waals surface area (Å²) in [6, 6.07) is 5.29. The normalized spacial score (nSPS) is 13.9. The van der Waals surface area contributed by atoms with Crippen molar-refractivity contribution in [1.29, 1.82) is 0 Å². The number of hydrazine groups is 1. The van der Waals surface area contributed by atoms with Gasteiger partial charge in [0.2, 0.25) is 0 Å². The molecule has 1 aliphatic rings. The van der Waals surface area contributed by atoms with Crippen LogP contribution in [0.1, 0.15) is 11.3 Å². The number of aromatic nitrogens is 2. The average Bonchev–Trinajstić information content (AvgIpc) is 2.46. The van der Waals surface area contributed by atoms with Crippen molar-refractivity contribution in [2.45, 2.75) is 13.0 Å². The summed E-state index contributed by atoms with van der Waals surface area (Å²) in [5.41, 5.74) is 4.99. The molecule has 1 aromatic heterocycles. The summed E-state index contributed by atoms with van der Waals surface area (Å²) in [7, 11) is 0. The molecule has 0 atom stereocenters. The Labute approximate surface area is 126 Å². The Bertz CT molecular complexity index is 626. The van der Waals surface area contributed by atoms with Crippen LogP contribution in [-0.4, -0.2) is 16.6 Å². The average molecular weight is 311 g/mol. The number of halogens is 2. The summed E-state index contributed by atoms with van der Waals surface area (Å²) in [5, 5.41) is 1.01. The van der Waals surface area contributed by atoms with Gasteiger partial charge in [-0.3, -0.25) is 0 Å². The van der Waals surface area contributed by atoms with Crippen LogP contribution >= 0.6 is 23.2 Å². The molecule has 2 aromatic rings. The Balaban J connectivity index is 2.20. The number of hydrogen-bond acceptors (Lipinski definition) is 5. The number of hydrogen-bond donors (Lipinski definition) is 2. The first-order valence-electron chi connectivity index (χ1n) is 6.09. The van der Waals surface area contributed by atoms with E-state index in [4.69, 9.17) is 33.8 Å². The van der Waals surface area contributed by atoms with E-state index in [1.807, 2.05) is 0 Å². The van der Waals surface area contributed by atoms with Crippen LogP contribution in [0.25, 0.3) is 11.4 Å². The summed E-state index contributed by atoms with van der Waals surface area (Å²) in [6.45, 7) is 1.08. The van der Waals surface area contributed by atoms with Crippen molar-refractivity contribution in [2.75, 3.05) is 12.0 Å². The molecule has 0 saturated heterocycles. The first-order valence-corrected chi connectivity index (χ1v) is 6.85. The largest absolute Gasteiger partial charge is 0.376 e. The topological polar surface area (TPSA) is 73.1 Å². The standard InChI is InChI=1S/C13H12Cl2N4O/c14-8-2-1-3-9(15)11(8)13-17-10-4-5-20-6-7(10)12(18-13)19-16/h1-3H,4-6,16H2,(H,17,18,19). The Morgan fingerprint density at radius 3 is 2.65 bits per heavy atom. The fourth-order valence-corrected chi connectivity index (χ4v) is 2.74. The van der Waals surface area contributed by atoms with Crippen molar-refractivity contribution in [3.63, 3.8) is 0 Å². The van der Waals surface area contributed by atoms with Crippen molar-refractivity contribution in [3.8, 4) is 11.4 Å². The summed E-state index contributed by atoms with van der Waals surface area (Å²) in [6.07, 6.45) is 0.710. The third-order valence-corrected chi connectivity index (χ3v) is 3.78. The van der Waals surface area contributed by atoms with E-state index < -0.39 is 0 Å². The second kappa shape index (κ2) is 5.54. The Hall–Kier alpha value is -1.40. The Kier molecular flexibility index (Phi) is 3.76. The molecule has 20 heavy (non-hydrogen) atoms. The van der Waals surface area contributed by atoms with E-state index in [0.717, 1.165) is 11.3 Å². The minimum atomic E-state index is 0.450. The van der Waals surface area contributed by atoms with Gasteiger partial charge < -0.3 is 10.2 Å². The Morgan fingerprint density at radius 2 is 1.95 bits per heavy atom. The highest BCUT2D eigenvalue weighted by molar-refractivity contribution is 6.38. The predicted molar refractivity (Wildman–Crippen MR) is 78.7 cm³/mol. The molecule has 0 radical (unpaired) electrons. The predicted octanol–water partition coefficient (Wildman–Crippen LogP) is 2.81. The molecule has 0 unspecified atom stereocenters. The van der Waals surface area contributed by atoms with Gasteiger partial charge in [-0.05, 0) is 12.1 Å². The molecule has 1 aliphatic heterocycles. The molecule has 0 saturated carbocycles. The van der Waals surface area contributed by atoms with E-state index >= 15 is 0 Å². The maximum absolute atomic E-state index is 6.20. The van der Waals surface area contributed by atoms with Crippen LogP contribution < -0.4 is 11.3 Å². The summed E-state index contributed by atoms with van der Waals surface area (Å²) < 4.78 is 5.40. The highest BCUT2D eigenvalue weighted by Gasteiger charge is 2.20. The van der Waals surface area contributed by atoms with Gasteiger partial charge in [0.25, 0.3) is 0 Å². The molecule has 0 bridgehead atoms. The van der Waals surface area contributed by atoms with Gasteiger partial charge >= 0.3 is 0 Å². The second-order valence-electron chi connectivity index (χ2n) is 4.36. The highest BCUT2D eigenvalue weighted by Crippen LogP contribution is 2.34. The number of nitrogens with zero attached hydrogens (tertiary/aromatic N) is 2. The molecular weight excluding hydrogens is 299 g/mol. The second-order valence-corrected chi connectivity index (χ2v) is 5.18. The lowest BCUT2D eigenvalue weighted by Crippen LogP contribution is -2.19. The van der Waals surface area contributed by atoms with Crippen LogP contribution in [0.4, 0.5) is 5.82 Å². The number of anilines is 1. The van der Waals surface area contributed by atoms with E-state index in [1.165, 1.54) is 0 Å². The zero-order chi connectivity index (χ0) is 14.1. The third-order valence-electron chi connectivity index (χ3n) is 3.15. The zero-order valence-corrected chi connectivity index (χ0v) is 12.0. The fourth-order valence-electron chi connectivity index (χ4n) is 2.17. The summed E-state index contributed by atoms with van der Waals surface area (Å²) in [4.78, 5) is 8.96. The quantitative estimate of drug-likeness (QED) is 0.659. The minimum Gasteiger partial charge on any atom is -0.376 e. The van der Waals surface area contributed by atoms with Crippen LogP contribution in [-0.2, 0) is 17.8 Å². The molecule has 7 heteroatoms. The molecule has 1 aromatic carbocycles. The molecule has 0 fully saturated rings. The van der Waals surface area contributed by atoms with Crippen LogP contribution in [0.5, 0.6) is 0 Å². The SMILES string of the molecule is NNc1nc(-c2c(Cl)cccc2Cl)nc2c1COCC2. The van der Waals surface area contributed by atoms with Gasteiger partial charge in [0.1, 0.15) is 5.82 Å². The van der Waals surface area contributed by atoms with Crippen molar-refractivity contribution in [2.24, 2.45) is 5.84 Å². The number of ether oxygens (including phenoxy) is 1. The molecule has 0 aliphatic carbocycles.